The zero-order valence-electron chi connectivity index (χ0n) is 12.1. The maximum atomic E-state index is 11.5. The van der Waals surface area contributed by atoms with E-state index >= 15 is 0 Å². The van der Waals surface area contributed by atoms with Gasteiger partial charge in [0.05, 0.1) is 6.10 Å². The van der Waals surface area contributed by atoms with Gasteiger partial charge in [-0.25, -0.2) is 0 Å². The number of rotatable bonds is 10. The van der Waals surface area contributed by atoms with Gasteiger partial charge in [0.15, 0.2) is 0 Å². The van der Waals surface area contributed by atoms with Gasteiger partial charge in [0.1, 0.15) is 6.61 Å². The lowest BCUT2D eigenvalue weighted by molar-refractivity contribution is -0.145. The number of aliphatic hydroxyl groups excluding tert-OH is 1. The van der Waals surface area contributed by atoms with Crippen LogP contribution in [0, 0.1) is 0 Å². The molecule has 1 rings (SSSR count). The van der Waals surface area contributed by atoms with Gasteiger partial charge in [0.2, 0.25) is 0 Å². The molecule has 0 saturated carbocycles. The third-order valence-corrected chi connectivity index (χ3v) is 3.07. The normalized spacial score (nSPS) is 12.1. The van der Waals surface area contributed by atoms with Crippen LogP contribution in [-0.2, 0) is 20.9 Å². The van der Waals surface area contributed by atoms with Crippen LogP contribution in [-0.4, -0.2) is 30.9 Å². The molecule has 0 aliphatic carbocycles. The van der Waals surface area contributed by atoms with Crippen molar-refractivity contribution >= 4 is 5.97 Å². The van der Waals surface area contributed by atoms with Gasteiger partial charge in [-0.1, -0.05) is 36.8 Å². The molecule has 0 aliphatic rings. The molecular formula is C16H24O4. The van der Waals surface area contributed by atoms with Crippen molar-refractivity contribution in [2.24, 2.45) is 0 Å². The molecule has 0 saturated heterocycles. The summed E-state index contributed by atoms with van der Waals surface area (Å²) in [6, 6.07) is 9.63. The molecule has 1 atom stereocenters. The topological polar surface area (TPSA) is 55.8 Å². The number of unbranched alkanes of at least 4 members (excludes halogenated alkanes) is 1. The zero-order chi connectivity index (χ0) is 14.6. The minimum absolute atomic E-state index is 0.180. The zero-order valence-corrected chi connectivity index (χ0v) is 12.1. The number of ether oxygens (including phenoxy) is 2. The molecule has 0 aromatic heterocycles. The Bertz CT molecular complexity index is 364. The Hall–Kier alpha value is -1.39. The average Bonchev–Trinajstić information content (AvgIpc) is 2.48. The molecule has 1 aromatic rings. The van der Waals surface area contributed by atoms with Crippen molar-refractivity contribution in [3.63, 3.8) is 0 Å². The number of carbonyl (C=O) groups is 1. The largest absolute Gasteiger partial charge is 0.461 e. The molecule has 0 radical (unpaired) electrons. The molecule has 1 N–H and O–H groups in total. The van der Waals surface area contributed by atoms with Gasteiger partial charge in [-0.3, -0.25) is 4.79 Å². The van der Waals surface area contributed by atoms with Crippen molar-refractivity contribution < 1.29 is 19.4 Å². The van der Waals surface area contributed by atoms with Crippen LogP contribution in [0.5, 0.6) is 0 Å². The van der Waals surface area contributed by atoms with Gasteiger partial charge < -0.3 is 14.6 Å². The molecular weight excluding hydrogens is 256 g/mol. The van der Waals surface area contributed by atoms with Crippen molar-refractivity contribution in [2.75, 3.05) is 13.7 Å². The van der Waals surface area contributed by atoms with Crippen LogP contribution in [0.4, 0.5) is 0 Å². The van der Waals surface area contributed by atoms with Crippen molar-refractivity contribution in [1.82, 2.24) is 0 Å². The minimum Gasteiger partial charge on any atom is -0.461 e. The van der Waals surface area contributed by atoms with Gasteiger partial charge in [0, 0.05) is 20.1 Å². The summed E-state index contributed by atoms with van der Waals surface area (Å²) < 4.78 is 10.1. The molecule has 0 unspecified atom stereocenters. The second-order valence-corrected chi connectivity index (χ2v) is 4.83. The summed E-state index contributed by atoms with van der Waals surface area (Å²) >= 11 is 0. The van der Waals surface area contributed by atoms with Crippen molar-refractivity contribution in [1.29, 1.82) is 0 Å². The van der Waals surface area contributed by atoms with E-state index in [1.807, 2.05) is 30.3 Å². The number of aliphatic hydroxyl groups is 1. The summed E-state index contributed by atoms with van der Waals surface area (Å²) in [5, 5.41) is 9.60. The van der Waals surface area contributed by atoms with Gasteiger partial charge >= 0.3 is 5.97 Å². The van der Waals surface area contributed by atoms with Crippen LogP contribution >= 0.6 is 0 Å². The highest BCUT2D eigenvalue weighted by atomic mass is 16.5. The summed E-state index contributed by atoms with van der Waals surface area (Å²) in [5.41, 5.74) is 0.996. The van der Waals surface area contributed by atoms with E-state index in [0.717, 1.165) is 18.4 Å². The molecule has 0 spiro atoms. The van der Waals surface area contributed by atoms with E-state index < -0.39 is 0 Å². The van der Waals surface area contributed by atoms with E-state index in [1.54, 1.807) is 7.11 Å². The maximum absolute atomic E-state index is 11.5. The lowest BCUT2D eigenvalue weighted by Gasteiger charge is -2.09. The standard InChI is InChI=1S/C16H24O4/c1-19-12-11-15(17)9-5-6-10-16(18)20-13-14-7-3-2-4-8-14/h2-4,7-8,15,17H,5-6,9-13H2,1H3/t15-/m1/s1. The Balaban J connectivity index is 2.03. The number of methoxy groups -OCH3 is 1. The monoisotopic (exact) mass is 280 g/mol. The van der Waals surface area contributed by atoms with E-state index in [4.69, 9.17) is 9.47 Å². The van der Waals surface area contributed by atoms with Gasteiger partial charge in [-0.15, -0.1) is 0 Å². The van der Waals surface area contributed by atoms with Gasteiger partial charge in [0.25, 0.3) is 0 Å². The molecule has 0 bridgehead atoms. The van der Waals surface area contributed by atoms with E-state index in [2.05, 4.69) is 0 Å². The molecule has 4 nitrogen and oxygen atoms in total. The minimum atomic E-state index is -0.338. The number of carbonyl (C=O) groups excluding carboxylic acids is 1. The predicted octanol–water partition coefficient (Wildman–Crippen LogP) is 2.69. The first-order chi connectivity index (χ1) is 9.72. The molecule has 1 aromatic carbocycles. The van der Waals surface area contributed by atoms with E-state index in [1.165, 1.54) is 0 Å². The molecule has 0 aliphatic heterocycles. The Labute approximate surface area is 120 Å². The Kier molecular flexibility index (Phi) is 8.67. The molecule has 0 amide bonds. The fraction of sp³-hybridized carbons (Fsp3) is 0.562. The number of hydrogen-bond acceptors (Lipinski definition) is 4. The number of hydrogen-bond donors (Lipinski definition) is 1. The maximum Gasteiger partial charge on any atom is 0.306 e. The first kappa shape index (κ1) is 16.7. The molecule has 20 heavy (non-hydrogen) atoms. The van der Waals surface area contributed by atoms with Gasteiger partial charge in [-0.2, -0.15) is 0 Å². The van der Waals surface area contributed by atoms with Crippen LogP contribution in [0.25, 0.3) is 0 Å². The molecule has 0 heterocycles. The smallest absolute Gasteiger partial charge is 0.306 e. The Morgan fingerprint density at radius 1 is 1.20 bits per heavy atom. The molecule has 4 heteroatoms. The lowest BCUT2D eigenvalue weighted by Crippen LogP contribution is -2.10. The van der Waals surface area contributed by atoms with Crippen molar-refractivity contribution in [3.05, 3.63) is 35.9 Å². The summed E-state index contributed by atoms with van der Waals surface area (Å²) in [6.45, 7) is 0.899. The quantitative estimate of drug-likeness (QED) is 0.529. The van der Waals surface area contributed by atoms with E-state index in [9.17, 15) is 9.90 Å². The second-order valence-electron chi connectivity index (χ2n) is 4.83. The third-order valence-electron chi connectivity index (χ3n) is 3.07. The summed E-state index contributed by atoms with van der Waals surface area (Å²) in [4.78, 5) is 11.5. The average molecular weight is 280 g/mol. The highest BCUT2D eigenvalue weighted by Crippen LogP contribution is 2.08. The van der Waals surface area contributed by atoms with Crippen LogP contribution in [0.1, 0.15) is 37.7 Å². The van der Waals surface area contributed by atoms with Gasteiger partial charge in [-0.05, 0) is 24.8 Å². The van der Waals surface area contributed by atoms with E-state index in [-0.39, 0.29) is 12.1 Å². The first-order valence-electron chi connectivity index (χ1n) is 7.09. The first-order valence-corrected chi connectivity index (χ1v) is 7.09. The van der Waals surface area contributed by atoms with Crippen LogP contribution in [0.15, 0.2) is 30.3 Å². The number of benzene rings is 1. The predicted molar refractivity (Wildman–Crippen MR) is 77.2 cm³/mol. The Morgan fingerprint density at radius 2 is 1.95 bits per heavy atom. The number of esters is 1. The van der Waals surface area contributed by atoms with E-state index in [0.29, 0.717) is 32.5 Å². The summed E-state index contributed by atoms with van der Waals surface area (Å²) in [6.07, 6.45) is 2.99. The molecule has 112 valence electrons. The summed E-state index contributed by atoms with van der Waals surface area (Å²) in [5.74, 6) is -0.180. The highest BCUT2D eigenvalue weighted by molar-refractivity contribution is 5.69. The highest BCUT2D eigenvalue weighted by Gasteiger charge is 2.06. The Morgan fingerprint density at radius 3 is 2.65 bits per heavy atom. The van der Waals surface area contributed by atoms with Crippen LogP contribution in [0.2, 0.25) is 0 Å². The molecule has 0 fully saturated rings. The lowest BCUT2D eigenvalue weighted by atomic mass is 10.1. The fourth-order valence-electron chi connectivity index (χ4n) is 1.86. The van der Waals surface area contributed by atoms with Crippen LogP contribution < -0.4 is 0 Å². The van der Waals surface area contributed by atoms with Crippen molar-refractivity contribution in [3.8, 4) is 0 Å². The van der Waals surface area contributed by atoms with Crippen molar-refractivity contribution in [2.45, 2.75) is 44.8 Å². The SMILES string of the molecule is COCC[C@H](O)CCCCC(=O)OCc1ccccc1. The second kappa shape index (κ2) is 10.4. The van der Waals surface area contributed by atoms with Crippen LogP contribution in [0.3, 0.4) is 0 Å². The fourth-order valence-corrected chi connectivity index (χ4v) is 1.86. The summed E-state index contributed by atoms with van der Waals surface area (Å²) in [7, 11) is 1.62. The third kappa shape index (κ3) is 7.92.